The lowest BCUT2D eigenvalue weighted by atomic mass is 9.95. The lowest BCUT2D eigenvalue weighted by Crippen LogP contribution is -2.43. The number of aromatic nitrogens is 2. The second-order valence-electron chi connectivity index (χ2n) is 5.57. The molecule has 0 aliphatic carbocycles. The largest absolute Gasteiger partial charge is 0.367 e. The molecule has 0 saturated carbocycles. The van der Waals surface area contributed by atoms with Crippen LogP contribution in [0.15, 0.2) is 4.52 Å². The SMILES string of the molecule is CC1(c2noc(CN3CCNCC3)n2)CCCCO1. The van der Waals surface area contributed by atoms with Gasteiger partial charge >= 0.3 is 0 Å². The smallest absolute Gasteiger partial charge is 0.240 e. The third kappa shape index (κ3) is 2.96. The van der Waals surface area contributed by atoms with Gasteiger partial charge in [0.15, 0.2) is 0 Å². The first kappa shape index (κ1) is 13.0. The highest BCUT2D eigenvalue weighted by Crippen LogP contribution is 2.32. The molecule has 3 heterocycles. The summed E-state index contributed by atoms with van der Waals surface area (Å²) in [5, 5.41) is 7.46. The first-order valence-electron chi connectivity index (χ1n) is 7.16. The average molecular weight is 266 g/mol. The molecule has 0 aromatic carbocycles. The number of nitrogens with zero attached hydrogens (tertiary/aromatic N) is 3. The minimum Gasteiger partial charge on any atom is -0.367 e. The van der Waals surface area contributed by atoms with Gasteiger partial charge in [-0.1, -0.05) is 5.16 Å². The number of hydrogen-bond acceptors (Lipinski definition) is 6. The van der Waals surface area contributed by atoms with E-state index >= 15 is 0 Å². The van der Waals surface area contributed by atoms with Crippen LogP contribution in [0.2, 0.25) is 0 Å². The lowest BCUT2D eigenvalue weighted by molar-refractivity contribution is -0.0770. The van der Waals surface area contributed by atoms with Crippen molar-refractivity contribution in [3.05, 3.63) is 11.7 Å². The van der Waals surface area contributed by atoms with Gasteiger partial charge in [0.1, 0.15) is 5.60 Å². The lowest BCUT2D eigenvalue weighted by Gasteiger charge is -2.30. The van der Waals surface area contributed by atoms with E-state index in [9.17, 15) is 0 Å². The quantitative estimate of drug-likeness (QED) is 0.876. The van der Waals surface area contributed by atoms with Crippen LogP contribution < -0.4 is 5.32 Å². The molecule has 2 fully saturated rings. The van der Waals surface area contributed by atoms with Crippen LogP contribution in [0.4, 0.5) is 0 Å². The highest BCUT2D eigenvalue weighted by atomic mass is 16.5. The molecule has 6 nitrogen and oxygen atoms in total. The van der Waals surface area contributed by atoms with Crippen molar-refractivity contribution in [2.45, 2.75) is 38.3 Å². The van der Waals surface area contributed by atoms with Crippen molar-refractivity contribution in [2.75, 3.05) is 32.8 Å². The molecule has 1 N–H and O–H groups in total. The zero-order chi connectivity index (χ0) is 13.1. The molecule has 2 aliphatic rings. The number of nitrogens with one attached hydrogen (secondary N) is 1. The van der Waals surface area contributed by atoms with Crippen LogP contribution in [-0.4, -0.2) is 47.8 Å². The molecule has 1 unspecified atom stereocenters. The minimum atomic E-state index is -0.358. The summed E-state index contributed by atoms with van der Waals surface area (Å²) in [6.45, 7) is 7.72. The van der Waals surface area contributed by atoms with Crippen molar-refractivity contribution in [1.29, 1.82) is 0 Å². The fourth-order valence-electron chi connectivity index (χ4n) is 2.70. The van der Waals surface area contributed by atoms with Gasteiger partial charge in [0.05, 0.1) is 6.54 Å². The van der Waals surface area contributed by atoms with Crippen molar-refractivity contribution in [3.8, 4) is 0 Å². The predicted molar refractivity (Wildman–Crippen MR) is 69.6 cm³/mol. The van der Waals surface area contributed by atoms with Crippen molar-refractivity contribution < 1.29 is 9.26 Å². The van der Waals surface area contributed by atoms with Crippen molar-refractivity contribution in [2.24, 2.45) is 0 Å². The molecular weight excluding hydrogens is 244 g/mol. The van der Waals surface area contributed by atoms with Crippen molar-refractivity contribution >= 4 is 0 Å². The van der Waals surface area contributed by atoms with Gasteiger partial charge in [-0.05, 0) is 26.2 Å². The second kappa shape index (κ2) is 5.56. The molecule has 2 aliphatic heterocycles. The second-order valence-corrected chi connectivity index (χ2v) is 5.57. The van der Waals surface area contributed by atoms with E-state index in [4.69, 9.17) is 9.26 Å². The minimum absolute atomic E-state index is 0.358. The highest BCUT2D eigenvalue weighted by Gasteiger charge is 2.35. The predicted octanol–water partition coefficient (Wildman–Crippen LogP) is 0.890. The van der Waals surface area contributed by atoms with Crippen LogP contribution in [0.5, 0.6) is 0 Å². The maximum Gasteiger partial charge on any atom is 0.240 e. The van der Waals surface area contributed by atoms with Crippen LogP contribution in [0.1, 0.15) is 37.9 Å². The molecule has 0 spiro atoms. The summed E-state index contributed by atoms with van der Waals surface area (Å²) >= 11 is 0. The molecule has 2 saturated heterocycles. The monoisotopic (exact) mass is 266 g/mol. The van der Waals surface area contributed by atoms with Gasteiger partial charge < -0.3 is 14.6 Å². The van der Waals surface area contributed by atoms with Crippen molar-refractivity contribution in [1.82, 2.24) is 20.4 Å². The van der Waals surface area contributed by atoms with Crippen LogP contribution in [0.25, 0.3) is 0 Å². The Kier molecular flexibility index (Phi) is 3.81. The Balaban J connectivity index is 1.65. The Morgan fingerprint density at radius 1 is 1.32 bits per heavy atom. The zero-order valence-corrected chi connectivity index (χ0v) is 11.5. The van der Waals surface area contributed by atoms with E-state index in [-0.39, 0.29) is 5.60 Å². The number of rotatable bonds is 3. The van der Waals surface area contributed by atoms with E-state index in [2.05, 4.69) is 27.3 Å². The summed E-state index contributed by atoms with van der Waals surface area (Å²) in [5.41, 5.74) is -0.358. The highest BCUT2D eigenvalue weighted by molar-refractivity contribution is 5.00. The third-order valence-electron chi connectivity index (χ3n) is 3.98. The summed E-state index contributed by atoms with van der Waals surface area (Å²) < 4.78 is 11.2. The number of piperazine rings is 1. The van der Waals surface area contributed by atoms with E-state index in [1.54, 1.807) is 0 Å². The van der Waals surface area contributed by atoms with Gasteiger partial charge in [0.25, 0.3) is 0 Å². The van der Waals surface area contributed by atoms with E-state index < -0.39 is 0 Å². The van der Waals surface area contributed by atoms with Gasteiger partial charge in [-0.15, -0.1) is 0 Å². The molecule has 0 amide bonds. The third-order valence-corrected chi connectivity index (χ3v) is 3.98. The molecule has 1 aromatic heterocycles. The van der Waals surface area contributed by atoms with E-state index in [1.165, 1.54) is 0 Å². The van der Waals surface area contributed by atoms with Crippen molar-refractivity contribution in [3.63, 3.8) is 0 Å². The van der Waals surface area contributed by atoms with E-state index in [0.29, 0.717) is 11.7 Å². The Morgan fingerprint density at radius 3 is 2.89 bits per heavy atom. The van der Waals surface area contributed by atoms with Gasteiger partial charge in [-0.3, -0.25) is 4.90 Å². The first-order valence-corrected chi connectivity index (χ1v) is 7.16. The molecular formula is C13H22N4O2. The maximum atomic E-state index is 5.85. The van der Waals surface area contributed by atoms with Gasteiger partial charge in [0.2, 0.25) is 11.7 Å². The normalized spacial score (nSPS) is 29.5. The Bertz CT molecular complexity index is 409. The fourth-order valence-corrected chi connectivity index (χ4v) is 2.70. The summed E-state index contributed by atoms with van der Waals surface area (Å²) in [7, 11) is 0. The van der Waals surface area contributed by atoms with E-state index in [1.807, 2.05) is 0 Å². The Morgan fingerprint density at radius 2 is 2.16 bits per heavy atom. The molecule has 0 radical (unpaired) electrons. The first-order chi connectivity index (χ1) is 9.26. The molecule has 0 bridgehead atoms. The zero-order valence-electron chi connectivity index (χ0n) is 11.5. The van der Waals surface area contributed by atoms with Crippen LogP contribution in [0.3, 0.4) is 0 Å². The molecule has 1 aromatic rings. The summed E-state index contributed by atoms with van der Waals surface area (Å²) in [5.74, 6) is 1.41. The van der Waals surface area contributed by atoms with Gasteiger partial charge in [-0.25, -0.2) is 0 Å². The van der Waals surface area contributed by atoms with Gasteiger partial charge in [-0.2, -0.15) is 4.98 Å². The maximum absolute atomic E-state index is 5.85. The molecule has 6 heteroatoms. The van der Waals surface area contributed by atoms with Crippen LogP contribution >= 0.6 is 0 Å². The summed E-state index contributed by atoms with van der Waals surface area (Å²) in [6, 6.07) is 0. The summed E-state index contributed by atoms with van der Waals surface area (Å²) in [4.78, 5) is 6.87. The molecule has 106 valence electrons. The van der Waals surface area contributed by atoms with Crippen LogP contribution in [0, 0.1) is 0 Å². The average Bonchev–Trinajstić information content (AvgIpc) is 2.90. The molecule has 19 heavy (non-hydrogen) atoms. The van der Waals surface area contributed by atoms with E-state index in [0.717, 1.165) is 58.6 Å². The summed E-state index contributed by atoms with van der Waals surface area (Å²) in [6.07, 6.45) is 3.26. The molecule has 1 atom stereocenters. The topological polar surface area (TPSA) is 63.4 Å². The Labute approximate surface area is 113 Å². The fraction of sp³-hybridized carbons (Fsp3) is 0.846. The van der Waals surface area contributed by atoms with Crippen LogP contribution in [-0.2, 0) is 16.9 Å². The van der Waals surface area contributed by atoms with Gasteiger partial charge in [0, 0.05) is 32.8 Å². The molecule has 3 rings (SSSR count). The number of ether oxygens (including phenoxy) is 1. The number of hydrogen-bond donors (Lipinski definition) is 1. The Hall–Kier alpha value is -0.980. The standard InChI is InChI=1S/C13H22N4O2/c1-13(4-2-3-9-18-13)12-15-11(19-16-12)10-17-7-5-14-6-8-17/h14H,2-10H2,1H3.